The minimum atomic E-state index is -3.72. The zero-order valence-corrected chi connectivity index (χ0v) is 15.0. The molecule has 0 aromatic heterocycles. The predicted molar refractivity (Wildman–Crippen MR) is 103 cm³/mol. The Morgan fingerprint density at radius 3 is 2.08 bits per heavy atom. The molecule has 26 heavy (non-hydrogen) atoms. The zero-order valence-electron chi connectivity index (χ0n) is 14.1. The van der Waals surface area contributed by atoms with Crippen LogP contribution >= 0.6 is 0 Å². The third-order valence-electron chi connectivity index (χ3n) is 3.91. The molecule has 3 rings (SSSR count). The molecule has 0 unspecified atom stereocenters. The molecule has 0 fully saturated rings. The van der Waals surface area contributed by atoms with Crippen molar-refractivity contribution in [2.24, 2.45) is 0 Å². The van der Waals surface area contributed by atoms with Crippen LogP contribution in [0.25, 0.3) is 0 Å². The number of hydrogen-bond acceptors (Lipinski definition) is 3. The van der Waals surface area contributed by atoms with Crippen LogP contribution in [0.1, 0.15) is 15.9 Å². The van der Waals surface area contributed by atoms with E-state index in [1.54, 1.807) is 55.5 Å². The van der Waals surface area contributed by atoms with Crippen LogP contribution in [0, 0.1) is 6.92 Å². The molecule has 0 atom stereocenters. The normalized spacial score (nSPS) is 11.0. The lowest BCUT2D eigenvalue weighted by molar-refractivity contribution is 0.102. The quantitative estimate of drug-likeness (QED) is 0.715. The summed E-state index contributed by atoms with van der Waals surface area (Å²) >= 11 is 0. The number of rotatable bonds is 5. The highest BCUT2D eigenvalue weighted by Crippen LogP contribution is 2.23. The van der Waals surface area contributed by atoms with Gasteiger partial charge in [-0.1, -0.05) is 42.5 Å². The van der Waals surface area contributed by atoms with Crippen molar-refractivity contribution in [3.63, 3.8) is 0 Å². The minimum Gasteiger partial charge on any atom is -0.322 e. The number of benzene rings is 3. The first-order valence-corrected chi connectivity index (χ1v) is 9.49. The van der Waals surface area contributed by atoms with E-state index in [0.29, 0.717) is 22.5 Å². The number of anilines is 2. The van der Waals surface area contributed by atoms with E-state index in [9.17, 15) is 13.2 Å². The lowest BCUT2D eigenvalue weighted by atomic mass is 10.1. The Morgan fingerprint density at radius 2 is 1.42 bits per heavy atom. The van der Waals surface area contributed by atoms with Crippen molar-refractivity contribution >= 4 is 27.3 Å². The molecule has 0 aliphatic carbocycles. The van der Waals surface area contributed by atoms with Gasteiger partial charge in [-0.25, -0.2) is 8.42 Å². The van der Waals surface area contributed by atoms with Gasteiger partial charge in [0, 0.05) is 11.3 Å². The monoisotopic (exact) mass is 366 g/mol. The van der Waals surface area contributed by atoms with E-state index in [1.165, 1.54) is 12.1 Å². The number of carbonyl (C=O) groups excluding carboxylic acids is 1. The first-order chi connectivity index (χ1) is 12.5. The molecule has 0 aliphatic rings. The van der Waals surface area contributed by atoms with Crippen LogP contribution in [0.4, 0.5) is 11.4 Å². The molecule has 1 amide bonds. The topological polar surface area (TPSA) is 75.3 Å². The average molecular weight is 366 g/mol. The van der Waals surface area contributed by atoms with Gasteiger partial charge in [0.15, 0.2) is 0 Å². The summed E-state index contributed by atoms with van der Waals surface area (Å²) in [5, 5.41) is 2.80. The number of hydrogen-bond donors (Lipinski definition) is 2. The van der Waals surface area contributed by atoms with Crippen molar-refractivity contribution in [2.45, 2.75) is 11.8 Å². The van der Waals surface area contributed by atoms with Crippen LogP contribution in [-0.2, 0) is 10.0 Å². The molecule has 0 radical (unpaired) electrons. The summed E-state index contributed by atoms with van der Waals surface area (Å²) in [7, 11) is -3.72. The molecule has 6 heteroatoms. The van der Waals surface area contributed by atoms with Crippen LogP contribution in [0.2, 0.25) is 0 Å². The molecule has 3 aromatic carbocycles. The van der Waals surface area contributed by atoms with E-state index in [2.05, 4.69) is 10.0 Å². The van der Waals surface area contributed by atoms with Crippen LogP contribution in [0.15, 0.2) is 83.8 Å². The summed E-state index contributed by atoms with van der Waals surface area (Å²) in [6.45, 7) is 1.71. The molecule has 132 valence electrons. The van der Waals surface area contributed by atoms with Crippen molar-refractivity contribution in [3.8, 4) is 0 Å². The van der Waals surface area contributed by atoms with Gasteiger partial charge in [-0.15, -0.1) is 0 Å². The van der Waals surface area contributed by atoms with Gasteiger partial charge in [0.25, 0.3) is 15.9 Å². The molecule has 0 bridgehead atoms. The molecule has 0 saturated heterocycles. The molecule has 5 nitrogen and oxygen atoms in total. The molecule has 0 saturated carbocycles. The van der Waals surface area contributed by atoms with Crippen molar-refractivity contribution in [1.29, 1.82) is 0 Å². The average Bonchev–Trinajstić information content (AvgIpc) is 2.65. The molecular formula is C20H18N2O3S. The van der Waals surface area contributed by atoms with E-state index in [0.717, 1.165) is 0 Å². The van der Waals surface area contributed by atoms with E-state index in [1.807, 2.05) is 18.2 Å². The number of sulfonamides is 1. The summed E-state index contributed by atoms with van der Waals surface area (Å²) in [5.74, 6) is -0.297. The van der Waals surface area contributed by atoms with Gasteiger partial charge in [-0.3, -0.25) is 9.52 Å². The fraction of sp³-hybridized carbons (Fsp3) is 0.0500. The van der Waals surface area contributed by atoms with Crippen LogP contribution < -0.4 is 10.0 Å². The van der Waals surface area contributed by atoms with Gasteiger partial charge >= 0.3 is 0 Å². The van der Waals surface area contributed by atoms with E-state index >= 15 is 0 Å². The van der Waals surface area contributed by atoms with Crippen molar-refractivity contribution in [1.82, 2.24) is 0 Å². The van der Waals surface area contributed by atoms with Crippen molar-refractivity contribution in [3.05, 3.63) is 90.0 Å². The second-order valence-corrected chi connectivity index (χ2v) is 7.40. The smallest absolute Gasteiger partial charge is 0.261 e. The third-order valence-corrected chi connectivity index (χ3v) is 5.29. The second kappa shape index (κ2) is 7.41. The highest BCUT2D eigenvalue weighted by molar-refractivity contribution is 7.92. The number of para-hydroxylation sites is 1. The van der Waals surface area contributed by atoms with E-state index in [4.69, 9.17) is 0 Å². The largest absolute Gasteiger partial charge is 0.322 e. The number of carbonyl (C=O) groups is 1. The van der Waals surface area contributed by atoms with Crippen molar-refractivity contribution < 1.29 is 13.2 Å². The van der Waals surface area contributed by atoms with Gasteiger partial charge < -0.3 is 5.32 Å². The van der Waals surface area contributed by atoms with Gasteiger partial charge in [-0.05, 0) is 48.9 Å². The Hall–Kier alpha value is -3.12. The lowest BCUT2D eigenvalue weighted by Gasteiger charge is -2.14. The highest BCUT2D eigenvalue weighted by Gasteiger charge is 2.17. The molecule has 3 aromatic rings. The standard InChI is InChI=1S/C20H18N2O3S/c1-15-18(20(23)21-16-9-4-2-5-10-16)13-8-14-19(15)22-26(24,25)17-11-6-3-7-12-17/h2-14,22H,1H3,(H,21,23). The zero-order chi connectivity index (χ0) is 18.6. The molecule has 0 spiro atoms. The summed E-state index contributed by atoms with van der Waals surface area (Å²) < 4.78 is 27.6. The maximum Gasteiger partial charge on any atom is 0.261 e. The van der Waals surface area contributed by atoms with E-state index in [-0.39, 0.29) is 10.8 Å². The summed E-state index contributed by atoms with van der Waals surface area (Å²) in [4.78, 5) is 12.7. The Kier molecular flexibility index (Phi) is 5.04. The Labute approximate surface area is 152 Å². The SMILES string of the molecule is Cc1c(NS(=O)(=O)c2ccccc2)cccc1C(=O)Nc1ccccc1. The maximum absolute atomic E-state index is 12.5. The van der Waals surface area contributed by atoms with Gasteiger partial charge in [0.1, 0.15) is 0 Å². The predicted octanol–water partition coefficient (Wildman–Crippen LogP) is 4.05. The third kappa shape index (κ3) is 3.92. The fourth-order valence-electron chi connectivity index (χ4n) is 2.52. The Bertz CT molecular complexity index is 1020. The van der Waals surface area contributed by atoms with E-state index < -0.39 is 10.0 Å². The molecule has 0 heterocycles. The fourth-order valence-corrected chi connectivity index (χ4v) is 3.66. The summed E-state index contributed by atoms with van der Waals surface area (Å²) in [5.41, 5.74) is 2.00. The van der Waals surface area contributed by atoms with Crippen LogP contribution in [0.3, 0.4) is 0 Å². The lowest BCUT2D eigenvalue weighted by Crippen LogP contribution is -2.17. The molecular weight excluding hydrogens is 348 g/mol. The molecule has 0 aliphatic heterocycles. The van der Waals surface area contributed by atoms with Crippen LogP contribution in [-0.4, -0.2) is 14.3 Å². The number of nitrogens with one attached hydrogen (secondary N) is 2. The van der Waals surface area contributed by atoms with Gasteiger partial charge in [0.2, 0.25) is 0 Å². The maximum atomic E-state index is 12.5. The number of amides is 1. The highest BCUT2D eigenvalue weighted by atomic mass is 32.2. The van der Waals surface area contributed by atoms with Crippen molar-refractivity contribution in [2.75, 3.05) is 10.0 Å². The van der Waals surface area contributed by atoms with Crippen LogP contribution in [0.5, 0.6) is 0 Å². The van der Waals surface area contributed by atoms with Gasteiger partial charge in [-0.2, -0.15) is 0 Å². The first kappa shape index (κ1) is 17.7. The Morgan fingerprint density at radius 1 is 0.808 bits per heavy atom. The summed E-state index contributed by atoms with van der Waals surface area (Å²) in [6.07, 6.45) is 0. The minimum absolute atomic E-state index is 0.165. The molecule has 2 N–H and O–H groups in total. The first-order valence-electron chi connectivity index (χ1n) is 8.01. The van der Waals surface area contributed by atoms with Gasteiger partial charge in [0.05, 0.1) is 10.6 Å². The second-order valence-electron chi connectivity index (χ2n) is 5.72. The Balaban J connectivity index is 1.87. The summed E-state index contributed by atoms with van der Waals surface area (Å²) in [6, 6.07) is 22.1.